The summed E-state index contributed by atoms with van der Waals surface area (Å²) >= 11 is 9.48. The molecule has 1 aliphatic carbocycles. The van der Waals surface area contributed by atoms with Crippen LogP contribution in [0.15, 0.2) is 53.0 Å². The van der Waals surface area contributed by atoms with Crippen molar-refractivity contribution in [3.8, 4) is 5.75 Å². The Hall–Kier alpha value is -2.05. The Morgan fingerprint density at radius 3 is 2.57 bits per heavy atom. The van der Waals surface area contributed by atoms with Gasteiger partial charge in [0.25, 0.3) is 5.91 Å². The number of nitrogens with zero attached hydrogens (tertiary/aromatic N) is 1. The highest BCUT2D eigenvalue weighted by molar-refractivity contribution is 9.10. The van der Waals surface area contributed by atoms with Crippen molar-refractivity contribution < 1.29 is 14.3 Å². The minimum atomic E-state index is -0.620. The molecule has 0 aliphatic heterocycles. The first-order chi connectivity index (χ1) is 14.4. The summed E-state index contributed by atoms with van der Waals surface area (Å²) in [5.41, 5.74) is 0.861. The van der Waals surface area contributed by atoms with E-state index in [9.17, 15) is 9.59 Å². The van der Waals surface area contributed by atoms with E-state index >= 15 is 0 Å². The number of hydrogen-bond donors (Lipinski definition) is 1. The van der Waals surface area contributed by atoms with Crippen LogP contribution in [0.1, 0.15) is 38.2 Å². The molecule has 1 N–H and O–H groups in total. The fourth-order valence-electron chi connectivity index (χ4n) is 3.57. The van der Waals surface area contributed by atoms with E-state index in [1.165, 1.54) is 0 Å². The molecule has 30 heavy (non-hydrogen) atoms. The van der Waals surface area contributed by atoms with Crippen molar-refractivity contribution in [3.05, 3.63) is 63.6 Å². The van der Waals surface area contributed by atoms with Gasteiger partial charge in [0.15, 0.2) is 6.61 Å². The molecule has 1 saturated carbocycles. The van der Waals surface area contributed by atoms with Gasteiger partial charge < -0.3 is 15.0 Å². The van der Waals surface area contributed by atoms with Crippen molar-refractivity contribution in [3.63, 3.8) is 0 Å². The highest BCUT2D eigenvalue weighted by atomic mass is 79.9. The van der Waals surface area contributed by atoms with Gasteiger partial charge in [-0.05, 0) is 61.7 Å². The van der Waals surface area contributed by atoms with Crippen LogP contribution in [0, 0.1) is 0 Å². The largest absolute Gasteiger partial charge is 0.484 e. The summed E-state index contributed by atoms with van der Waals surface area (Å²) in [6, 6.07) is 14.2. The molecule has 2 amide bonds. The number of hydrogen-bond acceptors (Lipinski definition) is 3. The van der Waals surface area contributed by atoms with E-state index in [0.717, 1.165) is 35.7 Å². The second kappa shape index (κ2) is 10.8. The van der Waals surface area contributed by atoms with Gasteiger partial charge in [-0.15, -0.1) is 0 Å². The van der Waals surface area contributed by atoms with Crippen LogP contribution in [0.2, 0.25) is 5.02 Å². The summed E-state index contributed by atoms with van der Waals surface area (Å²) < 4.78 is 6.59. The lowest BCUT2D eigenvalue weighted by Crippen LogP contribution is -2.50. The van der Waals surface area contributed by atoms with E-state index < -0.39 is 6.04 Å². The van der Waals surface area contributed by atoms with E-state index in [-0.39, 0.29) is 31.0 Å². The molecule has 2 aromatic rings. The molecule has 5 nitrogen and oxygen atoms in total. The van der Waals surface area contributed by atoms with Gasteiger partial charge in [0.05, 0.1) is 0 Å². The van der Waals surface area contributed by atoms with Crippen molar-refractivity contribution in [1.29, 1.82) is 0 Å². The van der Waals surface area contributed by atoms with Crippen molar-refractivity contribution in [2.45, 2.75) is 51.2 Å². The number of rotatable bonds is 8. The topological polar surface area (TPSA) is 58.6 Å². The Kier molecular flexibility index (Phi) is 8.16. The van der Waals surface area contributed by atoms with Gasteiger partial charge in [0, 0.05) is 22.1 Å². The Bertz CT molecular complexity index is 869. The zero-order chi connectivity index (χ0) is 21.5. The number of halogens is 2. The van der Waals surface area contributed by atoms with Gasteiger partial charge in [-0.2, -0.15) is 0 Å². The first-order valence-electron chi connectivity index (χ1n) is 10.1. The third kappa shape index (κ3) is 6.47. The number of carbonyl (C=O) groups excluding carboxylic acids is 2. The van der Waals surface area contributed by atoms with Crippen LogP contribution in [-0.4, -0.2) is 35.4 Å². The molecule has 0 heterocycles. The zero-order valence-electron chi connectivity index (χ0n) is 16.9. The molecule has 0 spiro atoms. The van der Waals surface area contributed by atoms with Gasteiger partial charge in [-0.25, -0.2) is 0 Å². The predicted molar refractivity (Wildman–Crippen MR) is 121 cm³/mol. The number of nitrogens with one attached hydrogen (secondary N) is 1. The van der Waals surface area contributed by atoms with Crippen molar-refractivity contribution in [2.24, 2.45) is 0 Å². The summed E-state index contributed by atoms with van der Waals surface area (Å²) in [7, 11) is 0. The maximum atomic E-state index is 13.0. The van der Waals surface area contributed by atoms with E-state index in [1.54, 1.807) is 36.1 Å². The van der Waals surface area contributed by atoms with E-state index in [2.05, 4.69) is 21.2 Å². The molecular formula is C23H26BrClN2O3. The molecule has 1 fully saturated rings. The number of amides is 2. The summed E-state index contributed by atoms with van der Waals surface area (Å²) in [5.74, 6) is 0.199. The number of carbonyl (C=O) groups is 2. The Morgan fingerprint density at radius 1 is 1.20 bits per heavy atom. The first-order valence-corrected chi connectivity index (χ1v) is 11.3. The SMILES string of the molecule is CC(C(=O)NC1CCCC1)N(Cc1cccc(Cl)c1)C(=O)COc1ccc(Br)cc1. The number of benzene rings is 2. The molecule has 0 radical (unpaired) electrons. The average molecular weight is 494 g/mol. The minimum absolute atomic E-state index is 0.138. The normalized spacial score (nSPS) is 14.9. The maximum Gasteiger partial charge on any atom is 0.261 e. The molecular weight excluding hydrogens is 468 g/mol. The first kappa shape index (κ1) is 22.6. The molecule has 0 saturated heterocycles. The lowest BCUT2D eigenvalue weighted by atomic mass is 10.1. The maximum absolute atomic E-state index is 13.0. The van der Waals surface area contributed by atoms with Crippen molar-refractivity contribution in [1.82, 2.24) is 10.2 Å². The Morgan fingerprint density at radius 2 is 1.90 bits per heavy atom. The van der Waals surface area contributed by atoms with Crippen LogP contribution >= 0.6 is 27.5 Å². The van der Waals surface area contributed by atoms with Gasteiger partial charge in [-0.1, -0.05) is 52.5 Å². The molecule has 3 rings (SSSR count). The van der Waals surface area contributed by atoms with Crippen molar-refractivity contribution >= 4 is 39.3 Å². The molecule has 0 bridgehead atoms. The molecule has 1 atom stereocenters. The lowest BCUT2D eigenvalue weighted by Gasteiger charge is -2.29. The molecule has 2 aromatic carbocycles. The van der Waals surface area contributed by atoms with Crippen LogP contribution in [0.5, 0.6) is 5.75 Å². The van der Waals surface area contributed by atoms with Gasteiger partial charge in [-0.3, -0.25) is 9.59 Å². The van der Waals surface area contributed by atoms with Crippen LogP contribution < -0.4 is 10.1 Å². The van der Waals surface area contributed by atoms with Gasteiger partial charge in [0.1, 0.15) is 11.8 Å². The van der Waals surface area contributed by atoms with Crippen LogP contribution in [0.4, 0.5) is 0 Å². The molecule has 1 unspecified atom stereocenters. The molecule has 1 aliphatic rings. The van der Waals surface area contributed by atoms with Gasteiger partial charge >= 0.3 is 0 Å². The van der Waals surface area contributed by atoms with Crippen LogP contribution in [-0.2, 0) is 16.1 Å². The smallest absolute Gasteiger partial charge is 0.261 e. The average Bonchev–Trinajstić information content (AvgIpc) is 3.24. The standard InChI is InChI=1S/C23H26BrClN2O3/c1-16(23(29)26-20-7-2-3-8-20)27(14-17-5-4-6-19(25)13-17)22(28)15-30-21-11-9-18(24)10-12-21/h4-6,9-13,16,20H,2-3,7-8,14-15H2,1H3,(H,26,29). The fourth-order valence-corrected chi connectivity index (χ4v) is 4.04. The lowest BCUT2D eigenvalue weighted by molar-refractivity contribution is -0.142. The quantitative estimate of drug-likeness (QED) is 0.566. The third-order valence-electron chi connectivity index (χ3n) is 5.29. The third-order valence-corrected chi connectivity index (χ3v) is 6.05. The van der Waals surface area contributed by atoms with E-state index in [1.807, 2.05) is 24.3 Å². The van der Waals surface area contributed by atoms with Crippen LogP contribution in [0.3, 0.4) is 0 Å². The Balaban J connectivity index is 1.70. The Labute approximate surface area is 190 Å². The second-order valence-electron chi connectivity index (χ2n) is 7.56. The highest BCUT2D eigenvalue weighted by Crippen LogP contribution is 2.20. The summed E-state index contributed by atoms with van der Waals surface area (Å²) in [5, 5.41) is 3.68. The van der Waals surface area contributed by atoms with E-state index in [0.29, 0.717) is 10.8 Å². The highest BCUT2D eigenvalue weighted by Gasteiger charge is 2.28. The minimum Gasteiger partial charge on any atom is -0.484 e. The summed E-state index contributed by atoms with van der Waals surface area (Å²) in [6.07, 6.45) is 4.25. The fraction of sp³-hybridized carbons (Fsp3) is 0.391. The van der Waals surface area contributed by atoms with Crippen molar-refractivity contribution in [2.75, 3.05) is 6.61 Å². The molecule has 7 heteroatoms. The van der Waals surface area contributed by atoms with E-state index in [4.69, 9.17) is 16.3 Å². The number of ether oxygens (including phenoxy) is 1. The monoisotopic (exact) mass is 492 g/mol. The zero-order valence-corrected chi connectivity index (χ0v) is 19.3. The summed E-state index contributed by atoms with van der Waals surface area (Å²) in [4.78, 5) is 27.4. The summed E-state index contributed by atoms with van der Waals surface area (Å²) in [6.45, 7) is 1.89. The second-order valence-corrected chi connectivity index (χ2v) is 8.91. The molecule has 160 valence electrons. The predicted octanol–water partition coefficient (Wildman–Crippen LogP) is 4.96. The van der Waals surface area contributed by atoms with Crippen LogP contribution in [0.25, 0.3) is 0 Å². The van der Waals surface area contributed by atoms with Gasteiger partial charge in [0.2, 0.25) is 5.91 Å². The molecule has 0 aromatic heterocycles.